The number of anilines is 1. The van der Waals surface area contributed by atoms with Crippen LogP contribution in [-0.2, 0) is 0 Å². The van der Waals surface area contributed by atoms with Crippen LogP contribution in [0.1, 0.15) is 21.5 Å². The van der Waals surface area contributed by atoms with Gasteiger partial charge in [0.25, 0.3) is 11.6 Å². The minimum Gasteiger partial charge on any atom is -0.321 e. The van der Waals surface area contributed by atoms with E-state index in [1.165, 1.54) is 12.1 Å². The van der Waals surface area contributed by atoms with E-state index in [1.54, 1.807) is 37.3 Å². The summed E-state index contributed by atoms with van der Waals surface area (Å²) in [5.41, 5.74) is 1.34. The summed E-state index contributed by atoms with van der Waals surface area (Å²) in [7, 11) is 0. The van der Waals surface area contributed by atoms with Gasteiger partial charge in [0.05, 0.1) is 16.2 Å². The lowest BCUT2D eigenvalue weighted by Gasteiger charge is -2.07. The fraction of sp³-hybridized carbons (Fsp3) is 0.0667. The number of non-ortho nitro benzene ring substituents is 1. The molecule has 6 nitrogen and oxygen atoms in total. The van der Waals surface area contributed by atoms with Crippen molar-refractivity contribution in [2.75, 3.05) is 5.32 Å². The predicted octanol–water partition coefficient (Wildman–Crippen LogP) is 3.03. The smallest absolute Gasteiger partial charge is 0.270 e. The number of aryl methyl sites for hydroxylation is 1. The molecule has 1 N–H and O–H groups in total. The predicted molar refractivity (Wildman–Crippen MR) is 76.9 cm³/mol. The lowest BCUT2D eigenvalue weighted by Crippen LogP contribution is -2.13. The van der Waals surface area contributed by atoms with Crippen molar-refractivity contribution in [1.82, 2.24) is 0 Å². The van der Waals surface area contributed by atoms with Crippen LogP contribution in [0.2, 0.25) is 0 Å². The van der Waals surface area contributed by atoms with Gasteiger partial charge < -0.3 is 5.32 Å². The Hall–Kier alpha value is -3.20. The second kappa shape index (κ2) is 5.84. The Morgan fingerprint density at radius 2 is 2.00 bits per heavy atom. The molecule has 0 saturated heterocycles. The lowest BCUT2D eigenvalue weighted by atomic mass is 10.1. The average Bonchev–Trinajstić information content (AvgIpc) is 2.47. The maximum atomic E-state index is 12.2. The Labute approximate surface area is 120 Å². The first kappa shape index (κ1) is 14.2. The molecule has 1 amide bonds. The molecule has 0 atom stereocenters. The van der Waals surface area contributed by atoms with E-state index >= 15 is 0 Å². The molecule has 0 aliphatic carbocycles. The SMILES string of the molecule is Cc1cc(C(=O)Nc2ccccc2C#N)cc([N+](=O)[O-])c1. The molecule has 6 heteroatoms. The molecule has 0 fully saturated rings. The van der Waals surface area contributed by atoms with Crippen LogP contribution in [-0.4, -0.2) is 10.8 Å². The molecular formula is C15H11N3O3. The number of hydrogen-bond donors (Lipinski definition) is 1. The van der Waals surface area contributed by atoms with Gasteiger partial charge >= 0.3 is 0 Å². The van der Waals surface area contributed by atoms with Gasteiger partial charge in [0.2, 0.25) is 0 Å². The van der Waals surface area contributed by atoms with E-state index in [0.29, 0.717) is 16.8 Å². The van der Waals surface area contributed by atoms with Gasteiger partial charge in [-0.05, 0) is 30.7 Å². The van der Waals surface area contributed by atoms with Crippen molar-refractivity contribution in [3.8, 4) is 6.07 Å². The number of nitrogens with one attached hydrogen (secondary N) is 1. The van der Waals surface area contributed by atoms with Crippen LogP contribution in [0.4, 0.5) is 11.4 Å². The summed E-state index contributed by atoms with van der Waals surface area (Å²) in [6.45, 7) is 1.67. The van der Waals surface area contributed by atoms with Crippen LogP contribution in [0, 0.1) is 28.4 Å². The average molecular weight is 281 g/mol. The number of carbonyl (C=O) groups excluding carboxylic acids is 1. The van der Waals surface area contributed by atoms with Gasteiger partial charge in [0.1, 0.15) is 6.07 Å². The molecule has 0 saturated carbocycles. The van der Waals surface area contributed by atoms with Gasteiger partial charge in [-0.15, -0.1) is 0 Å². The Kier molecular flexibility index (Phi) is 3.95. The van der Waals surface area contributed by atoms with Gasteiger partial charge in [-0.25, -0.2) is 0 Å². The minimum absolute atomic E-state index is 0.145. The van der Waals surface area contributed by atoms with E-state index in [9.17, 15) is 14.9 Å². The number of nitriles is 1. The van der Waals surface area contributed by atoms with Gasteiger partial charge in [0.15, 0.2) is 0 Å². The molecule has 0 spiro atoms. The Balaban J connectivity index is 2.33. The summed E-state index contributed by atoms with van der Waals surface area (Å²) in [5, 5.41) is 22.4. The molecule has 2 rings (SSSR count). The van der Waals surface area contributed by atoms with Crippen LogP contribution < -0.4 is 5.32 Å². The molecule has 0 heterocycles. The maximum Gasteiger partial charge on any atom is 0.270 e. The summed E-state index contributed by atoms with van der Waals surface area (Å²) in [6.07, 6.45) is 0. The summed E-state index contributed by atoms with van der Waals surface area (Å²) in [5.74, 6) is -0.496. The Morgan fingerprint density at radius 1 is 1.29 bits per heavy atom. The standard InChI is InChI=1S/C15H11N3O3/c1-10-6-12(8-13(7-10)18(20)21)15(19)17-14-5-3-2-4-11(14)9-16/h2-8H,1H3,(H,17,19). The first-order chi connectivity index (χ1) is 10.0. The van der Waals surface area contributed by atoms with E-state index in [-0.39, 0.29) is 11.3 Å². The van der Waals surface area contributed by atoms with Crippen molar-refractivity contribution in [1.29, 1.82) is 5.26 Å². The van der Waals surface area contributed by atoms with Crippen molar-refractivity contribution >= 4 is 17.3 Å². The van der Waals surface area contributed by atoms with Crippen LogP contribution in [0.3, 0.4) is 0 Å². The molecule has 21 heavy (non-hydrogen) atoms. The summed E-state index contributed by atoms with van der Waals surface area (Å²) in [6, 6.07) is 12.7. The highest BCUT2D eigenvalue weighted by Crippen LogP contribution is 2.19. The summed E-state index contributed by atoms with van der Waals surface area (Å²) >= 11 is 0. The van der Waals surface area contributed by atoms with Crippen LogP contribution in [0.5, 0.6) is 0 Å². The monoisotopic (exact) mass is 281 g/mol. The normalized spacial score (nSPS) is 9.71. The van der Waals surface area contributed by atoms with E-state index in [0.717, 1.165) is 0 Å². The van der Waals surface area contributed by atoms with Crippen LogP contribution >= 0.6 is 0 Å². The molecule has 0 aliphatic rings. The van der Waals surface area contributed by atoms with Crippen molar-refractivity contribution < 1.29 is 9.72 Å². The second-order valence-electron chi connectivity index (χ2n) is 4.43. The zero-order valence-electron chi connectivity index (χ0n) is 11.2. The number of benzene rings is 2. The van der Waals surface area contributed by atoms with Crippen molar-refractivity contribution in [3.05, 3.63) is 69.3 Å². The second-order valence-corrected chi connectivity index (χ2v) is 4.43. The van der Waals surface area contributed by atoms with Crippen molar-refractivity contribution in [2.45, 2.75) is 6.92 Å². The molecule has 0 unspecified atom stereocenters. The lowest BCUT2D eigenvalue weighted by molar-refractivity contribution is -0.384. The van der Waals surface area contributed by atoms with E-state index < -0.39 is 10.8 Å². The van der Waals surface area contributed by atoms with Crippen molar-refractivity contribution in [2.24, 2.45) is 0 Å². The third-order valence-electron chi connectivity index (χ3n) is 2.83. The number of carbonyl (C=O) groups is 1. The zero-order valence-corrected chi connectivity index (χ0v) is 11.2. The fourth-order valence-electron chi connectivity index (χ4n) is 1.88. The largest absolute Gasteiger partial charge is 0.321 e. The quantitative estimate of drug-likeness (QED) is 0.690. The van der Waals surface area contributed by atoms with Gasteiger partial charge in [-0.2, -0.15) is 5.26 Å². The number of rotatable bonds is 3. The highest BCUT2D eigenvalue weighted by molar-refractivity contribution is 6.05. The third-order valence-corrected chi connectivity index (χ3v) is 2.83. The molecule has 0 bridgehead atoms. The number of nitrogens with zero attached hydrogens (tertiary/aromatic N) is 2. The number of hydrogen-bond acceptors (Lipinski definition) is 4. The first-order valence-electron chi connectivity index (χ1n) is 6.08. The molecule has 0 aliphatic heterocycles. The van der Waals surface area contributed by atoms with Gasteiger partial charge in [-0.3, -0.25) is 14.9 Å². The molecule has 2 aromatic rings. The first-order valence-corrected chi connectivity index (χ1v) is 6.08. The number of nitro benzene ring substituents is 1. The molecular weight excluding hydrogens is 270 g/mol. The summed E-state index contributed by atoms with van der Waals surface area (Å²) in [4.78, 5) is 22.4. The molecule has 0 radical (unpaired) electrons. The van der Waals surface area contributed by atoms with Gasteiger partial charge in [0, 0.05) is 17.7 Å². The molecule has 2 aromatic carbocycles. The van der Waals surface area contributed by atoms with Crippen LogP contribution in [0.15, 0.2) is 42.5 Å². The van der Waals surface area contributed by atoms with Gasteiger partial charge in [-0.1, -0.05) is 12.1 Å². The number of nitro groups is 1. The molecule has 0 aromatic heterocycles. The highest BCUT2D eigenvalue weighted by atomic mass is 16.6. The fourth-order valence-corrected chi connectivity index (χ4v) is 1.88. The topological polar surface area (TPSA) is 96.0 Å². The highest BCUT2D eigenvalue weighted by Gasteiger charge is 2.14. The summed E-state index contributed by atoms with van der Waals surface area (Å²) < 4.78 is 0. The molecule has 104 valence electrons. The Morgan fingerprint density at radius 3 is 2.67 bits per heavy atom. The van der Waals surface area contributed by atoms with Crippen molar-refractivity contribution in [3.63, 3.8) is 0 Å². The Bertz CT molecular complexity index is 763. The third kappa shape index (κ3) is 3.22. The number of amides is 1. The minimum atomic E-state index is -0.549. The van der Waals surface area contributed by atoms with Crippen LogP contribution in [0.25, 0.3) is 0 Å². The van der Waals surface area contributed by atoms with E-state index in [4.69, 9.17) is 5.26 Å². The number of para-hydroxylation sites is 1. The zero-order chi connectivity index (χ0) is 15.4. The van der Waals surface area contributed by atoms with E-state index in [1.807, 2.05) is 6.07 Å². The van der Waals surface area contributed by atoms with E-state index in [2.05, 4.69) is 5.32 Å². The maximum absolute atomic E-state index is 12.2.